The second kappa shape index (κ2) is 7.43. The smallest absolute Gasteiger partial charge is 0.255 e. The van der Waals surface area contributed by atoms with Crippen molar-refractivity contribution in [3.8, 4) is 11.3 Å². The molecule has 144 valence electrons. The summed E-state index contributed by atoms with van der Waals surface area (Å²) in [6.45, 7) is 2.11. The van der Waals surface area contributed by atoms with Crippen LogP contribution in [0.3, 0.4) is 0 Å². The van der Waals surface area contributed by atoms with Crippen LogP contribution in [0.25, 0.3) is 16.9 Å². The maximum absolute atomic E-state index is 12.9. The van der Waals surface area contributed by atoms with Gasteiger partial charge in [-0.15, -0.1) is 0 Å². The molecule has 0 saturated carbocycles. The van der Waals surface area contributed by atoms with Crippen LogP contribution in [0.2, 0.25) is 0 Å². The number of benzene rings is 2. The third-order valence-electron chi connectivity index (χ3n) is 5.38. The molecule has 4 aromatic rings. The summed E-state index contributed by atoms with van der Waals surface area (Å²) >= 11 is 0. The van der Waals surface area contributed by atoms with Crippen LogP contribution in [0.4, 0.5) is 11.4 Å². The van der Waals surface area contributed by atoms with E-state index in [1.165, 1.54) is 12.8 Å². The van der Waals surface area contributed by atoms with Gasteiger partial charge in [-0.3, -0.25) is 4.79 Å². The Labute approximate surface area is 169 Å². The number of nitrogens with one attached hydrogen (secondary N) is 1. The molecule has 3 heterocycles. The van der Waals surface area contributed by atoms with Crippen LogP contribution >= 0.6 is 0 Å². The van der Waals surface area contributed by atoms with E-state index in [1.54, 1.807) is 0 Å². The van der Waals surface area contributed by atoms with Crippen LogP contribution in [-0.4, -0.2) is 28.4 Å². The largest absolute Gasteiger partial charge is 0.372 e. The van der Waals surface area contributed by atoms with E-state index >= 15 is 0 Å². The van der Waals surface area contributed by atoms with Crippen LogP contribution in [0.1, 0.15) is 23.2 Å². The number of fused-ring (bicyclic) bond motifs is 1. The van der Waals surface area contributed by atoms with E-state index in [0.717, 1.165) is 35.7 Å². The maximum atomic E-state index is 12.9. The molecule has 2 aromatic heterocycles. The Morgan fingerprint density at radius 3 is 2.59 bits per heavy atom. The molecule has 0 radical (unpaired) electrons. The van der Waals surface area contributed by atoms with E-state index in [-0.39, 0.29) is 5.91 Å². The minimum Gasteiger partial charge on any atom is -0.372 e. The molecule has 29 heavy (non-hydrogen) atoms. The molecular formula is C24H22N4O. The summed E-state index contributed by atoms with van der Waals surface area (Å²) in [5, 5.41) is 3.04. The van der Waals surface area contributed by atoms with Crippen LogP contribution in [0.5, 0.6) is 0 Å². The number of anilines is 2. The fraction of sp³-hybridized carbons (Fsp3) is 0.167. The average Bonchev–Trinajstić information content (AvgIpc) is 3.45. The van der Waals surface area contributed by atoms with Gasteiger partial charge in [-0.25, -0.2) is 4.98 Å². The van der Waals surface area contributed by atoms with Crippen molar-refractivity contribution in [1.82, 2.24) is 9.38 Å². The Balaban J connectivity index is 1.43. The third-order valence-corrected chi connectivity index (χ3v) is 5.38. The molecule has 1 fully saturated rings. The molecule has 0 unspecified atom stereocenters. The molecule has 1 N–H and O–H groups in total. The molecule has 5 heteroatoms. The number of hydrogen-bond acceptors (Lipinski definition) is 3. The highest BCUT2D eigenvalue weighted by Gasteiger charge is 2.15. The summed E-state index contributed by atoms with van der Waals surface area (Å²) < 4.78 is 1.94. The van der Waals surface area contributed by atoms with E-state index < -0.39 is 0 Å². The molecule has 1 amide bonds. The van der Waals surface area contributed by atoms with Crippen molar-refractivity contribution in [3.63, 3.8) is 0 Å². The molecule has 1 saturated heterocycles. The first-order chi connectivity index (χ1) is 14.3. The van der Waals surface area contributed by atoms with Crippen molar-refractivity contribution < 1.29 is 4.79 Å². The quantitative estimate of drug-likeness (QED) is 0.549. The maximum Gasteiger partial charge on any atom is 0.255 e. The number of pyridine rings is 1. The van der Waals surface area contributed by atoms with E-state index in [2.05, 4.69) is 16.3 Å². The van der Waals surface area contributed by atoms with Crippen LogP contribution in [-0.2, 0) is 0 Å². The SMILES string of the molecule is O=C(Nc1cccn2cc(-c3ccccc3)nc12)c1cccc(N2CCCC2)c1. The number of nitrogens with zero attached hydrogens (tertiary/aromatic N) is 3. The van der Waals surface area contributed by atoms with E-state index in [9.17, 15) is 4.79 Å². The number of hydrogen-bond donors (Lipinski definition) is 1. The average molecular weight is 382 g/mol. The Kier molecular flexibility index (Phi) is 4.48. The lowest BCUT2D eigenvalue weighted by Crippen LogP contribution is -2.19. The molecule has 0 bridgehead atoms. The first kappa shape index (κ1) is 17.5. The summed E-state index contributed by atoms with van der Waals surface area (Å²) in [7, 11) is 0. The summed E-state index contributed by atoms with van der Waals surface area (Å²) in [4.78, 5) is 20.0. The highest BCUT2D eigenvalue weighted by Crippen LogP contribution is 2.25. The number of amides is 1. The molecule has 2 aromatic carbocycles. The van der Waals surface area contributed by atoms with Gasteiger partial charge in [0.25, 0.3) is 5.91 Å². The van der Waals surface area contributed by atoms with Crippen LogP contribution < -0.4 is 10.2 Å². The van der Waals surface area contributed by atoms with Crippen LogP contribution in [0, 0.1) is 0 Å². The molecule has 1 aliphatic heterocycles. The Bertz CT molecular complexity index is 1160. The van der Waals surface area contributed by atoms with Gasteiger partial charge in [0.15, 0.2) is 5.65 Å². The summed E-state index contributed by atoms with van der Waals surface area (Å²) in [5.41, 5.74) is 5.13. The van der Waals surface area contributed by atoms with Crippen molar-refractivity contribution in [1.29, 1.82) is 0 Å². The van der Waals surface area contributed by atoms with Gasteiger partial charge in [0, 0.05) is 42.3 Å². The summed E-state index contributed by atoms with van der Waals surface area (Å²) in [6.07, 6.45) is 6.34. The lowest BCUT2D eigenvalue weighted by molar-refractivity contribution is 0.102. The third kappa shape index (κ3) is 3.47. The number of aromatic nitrogens is 2. The lowest BCUT2D eigenvalue weighted by atomic mass is 10.1. The number of rotatable bonds is 4. The highest BCUT2D eigenvalue weighted by molar-refractivity contribution is 6.06. The zero-order chi connectivity index (χ0) is 19.6. The molecule has 5 nitrogen and oxygen atoms in total. The van der Waals surface area contributed by atoms with Gasteiger partial charge in [0.1, 0.15) is 0 Å². The number of carbonyl (C=O) groups excluding carboxylic acids is 1. The first-order valence-electron chi connectivity index (χ1n) is 9.97. The van der Waals surface area contributed by atoms with Gasteiger partial charge in [0.05, 0.1) is 11.4 Å². The van der Waals surface area contributed by atoms with E-state index in [1.807, 2.05) is 77.5 Å². The minimum atomic E-state index is -0.122. The summed E-state index contributed by atoms with van der Waals surface area (Å²) in [6, 6.07) is 21.7. The standard InChI is InChI=1S/C24H22N4O/c29-24(19-10-6-11-20(16-19)27-13-4-5-14-27)26-21-12-7-15-28-17-22(25-23(21)28)18-8-2-1-3-9-18/h1-3,6-12,15-17H,4-5,13-14H2,(H,26,29). The molecule has 0 aliphatic carbocycles. The van der Waals surface area contributed by atoms with Crippen LogP contribution in [0.15, 0.2) is 79.1 Å². The van der Waals surface area contributed by atoms with E-state index in [4.69, 9.17) is 4.98 Å². The minimum absolute atomic E-state index is 0.122. The zero-order valence-electron chi connectivity index (χ0n) is 16.1. The Morgan fingerprint density at radius 1 is 0.931 bits per heavy atom. The predicted molar refractivity (Wildman–Crippen MR) is 116 cm³/mol. The number of carbonyl (C=O) groups is 1. The zero-order valence-corrected chi connectivity index (χ0v) is 16.1. The van der Waals surface area contributed by atoms with E-state index in [0.29, 0.717) is 11.3 Å². The fourth-order valence-electron chi connectivity index (χ4n) is 3.87. The second-order valence-corrected chi connectivity index (χ2v) is 7.34. The fourth-order valence-corrected chi connectivity index (χ4v) is 3.87. The Hall–Kier alpha value is -3.60. The molecule has 5 rings (SSSR count). The molecule has 0 spiro atoms. The lowest BCUT2D eigenvalue weighted by Gasteiger charge is -2.18. The normalized spacial score (nSPS) is 13.7. The van der Waals surface area contributed by atoms with Gasteiger partial charge < -0.3 is 14.6 Å². The van der Waals surface area contributed by atoms with Gasteiger partial charge in [-0.05, 0) is 43.2 Å². The second-order valence-electron chi connectivity index (χ2n) is 7.34. The van der Waals surface area contributed by atoms with Crippen molar-refractivity contribution in [2.24, 2.45) is 0 Å². The highest BCUT2D eigenvalue weighted by atomic mass is 16.1. The van der Waals surface area contributed by atoms with Crippen molar-refractivity contribution in [3.05, 3.63) is 84.7 Å². The predicted octanol–water partition coefficient (Wildman–Crippen LogP) is 4.85. The monoisotopic (exact) mass is 382 g/mol. The molecule has 0 atom stereocenters. The first-order valence-corrected chi connectivity index (χ1v) is 9.97. The van der Waals surface area contributed by atoms with Gasteiger partial charge in [-0.1, -0.05) is 36.4 Å². The summed E-state index contributed by atoms with van der Waals surface area (Å²) in [5.74, 6) is -0.122. The van der Waals surface area contributed by atoms with Gasteiger partial charge in [-0.2, -0.15) is 0 Å². The van der Waals surface area contributed by atoms with Crippen molar-refractivity contribution >= 4 is 22.9 Å². The number of imidazole rings is 1. The van der Waals surface area contributed by atoms with Gasteiger partial charge in [0.2, 0.25) is 0 Å². The molecule has 1 aliphatic rings. The van der Waals surface area contributed by atoms with Crippen molar-refractivity contribution in [2.75, 3.05) is 23.3 Å². The topological polar surface area (TPSA) is 49.6 Å². The van der Waals surface area contributed by atoms with Gasteiger partial charge >= 0.3 is 0 Å². The Morgan fingerprint density at radius 2 is 1.76 bits per heavy atom. The molecular weight excluding hydrogens is 360 g/mol. The van der Waals surface area contributed by atoms with Crippen molar-refractivity contribution in [2.45, 2.75) is 12.8 Å².